The molecule has 3 aromatic rings. The molecule has 3 amide bonds. The number of carbonyl (C=O) groups excluding carboxylic acids is 3. The van der Waals surface area contributed by atoms with Crippen molar-refractivity contribution in [1.82, 2.24) is 14.7 Å². The first kappa shape index (κ1) is 22.2. The van der Waals surface area contributed by atoms with Gasteiger partial charge in [-0.05, 0) is 54.6 Å². The van der Waals surface area contributed by atoms with E-state index < -0.39 is 17.1 Å². The van der Waals surface area contributed by atoms with Crippen LogP contribution in [0.15, 0.2) is 64.3 Å². The molecule has 0 saturated carbocycles. The van der Waals surface area contributed by atoms with Crippen molar-refractivity contribution < 1.29 is 19.1 Å². The second kappa shape index (κ2) is 9.21. The third kappa shape index (κ3) is 4.75. The Morgan fingerprint density at radius 1 is 1.09 bits per heavy atom. The molecule has 0 radical (unpaired) electrons. The fourth-order valence-corrected chi connectivity index (χ4v) is 3.95. The monoisotopic (exact) mass is 464 g/mol. The van der Waals surface area contributed by atoms with Crippen LogP contribution in [0.1, 0.15) is 11.3 Å². The summed E-state index contributed by atoms with van der Waals surface area (Å²) in [5.74, 6) is -0.451. The first-order valence-electron chi connectivity index (χ1n) is 9.95. The minimum Gasteiger partial charge on any atom is -0.484 e. The van der Waals surface area contributed by atoms with E-state index in [1.807, 2.05) is 30.3 Å². The van der Waals surface area contributed by atoms with Crippen LogP contribution in [-0.2, 0) is 16.6 Å². The Bertz CT molecular complexity index is 1320. The Balaban J connectivity index is 1.40. The first-order chi connectivity index (χ1) is 15.8. The maximum Gasteiger partial charge on any atom is 0.295 e. The van der Waals surface area contributed by atoms with Gasteiger partial charge in [0.2, 0.25) is 0 Å². The van der Waals surface area contributed by atoms with E-state index in [4.69, 9.17) is 4.74 Å². The molecule has 2 aromatic carbocycles. The largest absolute Gasteiger partial charge is 0.484 e. The van der Waals surface area contributed by atoms with Gasteiger partial charge in [-0.15, -0.1) is 0 Å². The van der Waals surface area contributed by atoms with Crippen molar-refractivity contribution in [2.45, 2.75) is 6.92 Å². The van der Waals surface area contributed by atoms with E-state index in [9.17, 15) is 19.2 Å². The van der Waals surface area contributed by atoms with Crippen LogP contribution in [0, 0.1) is 6.92 Å². The second-order valence-electron chi connectivity index (χ2n) is 7.19. The molecule has 33 heavy (non-hydrogen) atoms. The van der Waals surface area contributed by atoms with E-state index in [0.29, 0.717) is 27.6 Å². The second-order valence-corrected chi connectivity index (χ2v) is 8.21. The van der Waals surface area contributed by atoms with Gasteiger partial charge in [-0.2, -0.15) is 0 Å². The van der Waals surface area contributed by atoms with Crippen molar-refractivity contribution in [3.05, 3.63) is 81.1 Å². The molecule has 0 spiro atoms. The number of ether oxygens (including phenoxy) is 1. The third-order valence-corrected chi connectivity index (χ3v) is 5.82. The summed E-state index contributed by atoms with van der Waals surface area (Å²) < 4.78 is 8.68. The van der Waals surface area contributed by atoms with E-state index in [0.717, 1.165) is 11.8 Å². The minimum atomic E-state index is -0.468. The van der Waals surface area contributed by atoms with Gasteiger partial charge in [0.15, 0.2) is 6.61 Å². The van der Waals surface area contributed by atoms with Crippen LogP contribution in [0.2, 0.25) is 0 Å². The maximum atomic E-state index is 12.9. The Hall–Kier alpha value is -4.05. The first-order valence-corrected chi connectivity index (χ1v) is 10.8. The number of para-hydroxylation sites is 1. The van der Waals surface area contributed by atoms with E-state index in [1.54, 1.807) is 49.0 Å². The van der Waals surface area contributed by atoms with Crippen LogP contribution in [0.4, 0.5) is 10.5 Å². The van der Waals surface area contributed by atoms with Gasteiger partial charge in [-0.25, -0.2) is 4.68 Å². The third-order valence-electron chi connectivity index (χ3n) is 5.01. The van der Waals surface area contributed by atoms with Crippen molar-refractivity contribution in [3.8, 4) is 11.4 Å². The number of anilines is 1. The van der Waals surface area contributed by atoms with Gasteiger partial charge >= 0.3 is 0 Å². The number of imide groups is 1. The number of nitrogens with zero attached hydrogens (tertiary/aromatic N) is 2. The van der Waals surface area contributed by atoms with Crippen LogP contribution in [-0.4, -0.2) is 33.0 Å². The molecule has 1 aromatic heterocycles. The van der Waals surface area contributed by atoms with E-state index in [-0.39, 0.29) is 17.9 Å². The van der Waals surface area contributed by atoms with Gasteiger partial charge in [-0.3, -0.25) is 29.2 Å². The lowest BCUT2D eigenvalue weighted by Crippen LogP contribution is -2.25. The van der Waals surface area contributed by atoms with E-state index >= 15 is 0 Å². The fraction of sp³-hybridized carbons (Fsp3) is 0.130. The molecule has 9 nitrogen and oxygen atoms in total. The topological polar surface area (TPSA) is 111 Å². The lowest BCUT2D eigenvalue weighted by Gasteiger charge is -2.07. The van der Waals surface area contributed by atoms with Gasteiger partial charge in [-0.1, -0.05) is 30.3 Å². The zero-order chi connectivity index (χ0) is 23.5. The zero-order valence-corrected chi connectivity index (χ0v) is 18.6. The molecule has 0 unspecified atom stereocenters. The highest BCUT2D eigenvalue weighted by Crippen LogP contribution is 2.26. The van der Waals surface area contributed by atoms with Gasteiger partial charge in [0.25, 0.3) is 22.6 Å². The molecular formula is C23H20N4O5S. The average molecular weight is 465 g/mol. The SMILES string of the molecule is Cc1c(NC(=O)COc2ccc(/C=C3\SC(=O)NC3=O)cc2)c(=O)n(-c2ccccc2)n1C. The number of aromatic nitrogens is 2. The lowest BCUT2D eigenvalue weighted by atomic mass is 10.2. The Kier molecular flexibility index (Phi) is 6.18. The highest BCUT2D eigenvalue weighted by molar-refractivity contribution is 8.18. The number of amides is 3. The summed E-state index contributed by atoms with van der Waals surface area (Å²) in [7, 11) is 1.75. The molecule has 1 saturated heterocycles. The molecule has 2 N–H and O–H groups in total. The van der Waals surface area contributed by atoms with E-state index in [1.165, 1.54) is 4.68 Å². The number of benzene rings is 2. The van der Waals surface area contributed by atoms with Crippen molar-refractivity contribution >= 4 is 40.6 Å². The molecule has 2 heterocycles. The van der Waals surface area contributed by atoms with Gasteiger partial charge in [0, 0.05) is 7.05 Å². The normalized spacial score (nSPS) is 14.4. The standard InChI is InChI=1S/C23H20N4O5S/c1-14-20(22(30)27(26(14)2)16-6-4-3-5-7-16)24-19(28)13-32-17-10-8-15(9-11-17)12-18-21(29)25-23(31)33-18/h3-12H,13H2,1-2H3,(H,24,28)(H,25,29,31)/b18-12-. The lowest BCUT2D eigenvalue weighted by molar-refractivity contribution is -0.118. The Morgan fingerprint density at radius 3 is 2.42 bits per heavy atom. The zero-order valence-electron chi connectivity index (χ0n) is 17.8. The van der Waals surface area contributed by atoms with Crippen LogP contribution < -0.4 is 20.9 Å². The average Bonchev–Trinajstić information content (AvgIpc) is 3.23. The number of carbonyl (C=O) groups is 3. The van der Waals surface area contributed by atoms with Crippen molar-refractivity contribution in [3.63, 3.8) is 0 Å². The summed E-state index contributed by atoms with van der Waals surface area (Å²) in [6, 6.07) is 15.9. The molecule has 0 bridgehead atoms. The number of hydrogen-bond acceptors (Lipinski definition) is 6. The Morgan fingerprint density at radius 2 is 1.79 bits per heavy atom. The predicted octanol–water partition coefficient (Wildman–Crippen LogP) is 2.83. The molecule has 1 aliphatic heterocycles. The van der Waals surface area contributed by atoms with E-state index in [2.05, 4.69) is 10.6 Å². The van der Waals surface area contributed by atoms with Crippen LogP contribution in [0.3, 0.4) is 0 Å². The molecule has 1 fully saturated rings. The molecule has 0 atom stereocenters. The van der Waals surface area contributed by atoms with Gasteiger partial charge < -0.3 is 10.1 Å². The van der Waals surface area contributed by atoms with Crippen LogP contribution in [0.5, 0.6) is 5.75 Å². The molecule has 1 aliphatic rings. The summed E-state index contributed by atoms with van der Waals surface area (Å²) in [6.07, 6.45) is 1.59. The summed E-state index contributed by atoms with van der Waals surface area (Å²) >= 11 is 0.840. The number of rotatable bonds is 6. The van der Waals surface area contributed by atoms with Crippen LogP contribution >= 0.6 is 11.8 Å². The van der Waals surface area contributed by atoms with Crippen molar-refractivity contribution in [1.29, 1.82) is 0 Å². The van der Waals surface area contributed by atoms with Gasteiger partial charge in [0.05, 0.1) is 16.3 Å². The van der Waals surface area contributed by atoms with Crippen molar-refractivity contribution in [2.75, 3.05) is 11.9 Å². The predicted molar refractivity (Wildman–Crippen MR) is 125 cm³/mol. The summed E-state index contributed by atoms with van der Waals surface area (Å²) in [4.78, 5) is 48.5. The highest BCUT2D eigenvalue weighted by atomic mass is 32.2. The van der Waals surface area contributed by atoms with Gasteiger partial charge in [0.1, 0.15) is 11.4 Å². The quantitative estimate of drug-likeness (QED) is 0.543. The minimum absolute atomic E-state index is 0.193. The molecule has 4 rings (SSSR count). The maximum absolute atomic E-state index is 12.9. The number of nitrogens with one attached hydrogen (secondary N) is 2. The van der Waals surface area contributed by atoms with Crippen LogP contribution in [0.25, 0.3) is 11.8 Å². The Labute approximate surface area is 193 Å². The number of thioether (sulfide) groups is 1. The fourth-order valence-electron chi connectivity index (χ4n) is 3.27. The molecule has 168 valence electrons. The summed E-state index contributed by atoms with van der Waals surface area (Å²) in [5, 5.41) is 4.44. The number of hydrogen-bond donors (Lipinski definition) is 2. The van der Waals surface area contributed by atoms with Crippen molar-refractivity contribution in [2.24, 2.45) is 7.05 Å². The molecule has 10 heteroatoms. The molecule has 0 aliphatic carbocycles. The highest BCUT2D eigenvalue weighted by Gasteiger charge is 2.24. The summed E-state index contributed by atoms with van der Waals surface area (Å²) in [5.41, 5.74) is 1.87. The summed E-state index contributed by atoms with van der Waals surface area (Å²) in [6.45, 7) is 1.47. The smallest absolute Gasteiger partial charge is 0.295 e. The molecular weight excluding hydrogens is 444 g/mol.